The Labute approximate surface area is 216 Å². The summed E-state index contributed by atoms with van der Waals surface area (Å²) in [7, 11) is 3.83. The second-order valence-electron chi connectivity index (χ2n) is 9.51. The van der Waals surface area contributed by atoms with Crippen molar-refractivity contribution in [2.24, 2.45) is 0 Å². The maximum atomic E-state index is 15.2. The minimum Gasteiger partial charge on any atom is -0.490 e. The molecular weight excluding hydrogens is 499 g/mol. The van der Waals surface area contributed by atoms with Crippen LogP contribution >= 0.6 is 0 Å². The molecule has 4 heterocycles. The van der Waals surface area contributed by atoms with Crippen molar-refractivity contribution < 1.29 is 22.7 Å². The minimum atomic E-state index is -0.843. The SMILES string of the molecule is CN(C)CCN1c2cnc(-n3cnc4ccc(F)cc43)nc2N([C@@H]2CCOc3c(F)ccc(F)c32)C1C=O. The van der Waals surface area contributed by atoms with Crippen LogP contribution in [0.3, 0.4) is 0 Å². The standard InChI is InChI=1S/C26H24F3N7O2/c1-33(2)8-9-34-21-12-30-26(35-14-31-18-6-3-15(27)11-20(18)35)32-25(21)36(22(34)13-37)19-7-10-38-24-17(29)5-4-16(28)23(19)24/h3-6,11-14,19,22H,7-10H2,1-2H3/t19-,22?/m1/s1. The number of likely N-dealkylation sites (N-methyl/N-ethyl adjacent to an activating group) is 1. The second-order valence-corrected chi connectivity index (χ2v) is 9.51. The van der Waals surface area contributed by atoms with Crippen LogP contribution in [0.2, 0.25) is 0 Å². The number of hydrogen-bond acceptors (Lipinski definition) is 8. The van der Waals surface area contributed by atoms with E-state index in [-0.39, 0.29) is 23.9 Å². The Morgan fingerprint density at radius 1 is 1.13 bits per heavy atom. The van der Waals surface area contributed by atoms with E-state index >= 15 is 4.39 Å². The van der Waals surface area contributed by atoms with Crippen molar-refractivity contribution in [2.45, 2.75) is 18.6 Å². The van der Waals surface area contributed by atoms with E-state index in [2.05, 4.69) is 9.97 Å². The average molecular weight is 524 g/mol. The lowest BCUT2D eigenvalue weighted by Gasteiger charge is -2.37. The average Bonchev–Trinajstić information content (AvgIpc) is 3.47. The van der Waals surface area contributed by atoms with Gasteiger partial charge in [0.2, 0.25) is 5.95 Å². The van der Waals surface area contributed by atoms with Gasteiger partial charge in [0, 0.05) is 25.6 Å². The van der Waals surface area contributed by atoms with Gasteiger partial charge in [-0.1, -0.05) is 0 Å². The van der Waals surface area contributed by atoms with Gasteiger partial charge >= 0.3 is 0 Å². The second kappa shape index (κ2) is 9.28. The van der Waals surface area contributed by atoms with Crippen LogP contribution in [0.1, 0.15) is 18.0 Å². The van der Waals surface area contributed by atoms with E-state index in [1.807, 2.05) is 23.9 Å². The number of fused-ring (bicyclic) bond motifs is 3. The lowest BCUT2D eigenvalue weighted by molar-refractivity contribution is -0.109. The van der Waals surface area contributed by atoms with Crippen LogP contribution in [0.25, 0.3) is 17.0 Å². The lowest BCUT2D eigenvalue weighted by atomic mass is 9.97. The molecule has 2 atom stereocenters. The van der Waals surface area contributed by atoms with Gasteiger partial charge in [-0.05, 0) is 38.4 Å². The number of nitrogens with zero attached hydrogens (tertiary/aromatic N) is 7. The van der Waals surface area contributed by atoms with E-state index in [0.717, 1.165) is 18.4 Å². The van der Waals surface area contributed by atoms with Crippen molar-refractivity contribution in [2.75, 3.05) is 43.6 Å². The van der Waals surface area contributed by atoms with Crippen LogP contribution in [0, 0.1) is 17.5 Å². The van der Waals surface area contributed by atoms with Gasteiger partial charge in [-0.3, -0.25) is 9.36 Å². The smallest absolute Gasteiger partial charge is 0.237 e. The molecule has 12 heteroatoms. The van der Waals surface area contributed by atoms with Crippen LogP contribution in [-0.2, 0) is 4.79 Å². The first kappa shape index (κ1) is 24.2. The molecule has 38 heavy (non-hydrogen) atoms. The molecule has 0 saturated heterocycles. The summed E-state index contributed by atoms with van der Waals surface area (Å²) in [5, 5.41) is 0. The summed E-state index contributed by atoms with van der Waals surface area (Å²) >= 11 is 0. The summed E-state index contributed by atoms with van der Waals surface area (Å²) in [6.45, 7) is 1.22. The molecule has 0 bridgehead atoms. The van der Waals surface area contributed by atoms with Crippen molar-refractivity contribution in [3.63, 3.8) is 0 Å². The molecule has 4 aromatic rings. The van der Waals surface area contributed by atoms with Crippen LogP contribution in [-0.4, -0.2) is 70.7 Å². The molecule has 2 aromatic heterocycles. The Morgan fingerprint density at radius 3 is 2.74 bits per heavy atom. The quantitative estimate of drug-likeness (QED) is 0.356. The Morgan fingerprint density at radius 2 is 1.95 bits per heavy atom. The molecule has 2 aliphatic rings. The molecule has 9 nitrogen and oxygen atoms in total. The van der Waals surface area contributed by atoms with Crippen molar-refractivity contribution in [3.05, 3.63) is 65.9 Å². The normalized spacial score (nSPS) is 18.6. The van der Waals surface area contributed by atoms with Crippen molar-refractivity contribution in [3.8, 4) is 11.7 Å². The molecule has 1 unspecified atom stereocenters. The van der Waals surface area contributed by atoms with E-state index in [0.29, 0.717) is 42.0 Å². The van der Waals surface area contributed by atoms with Crippen molar-refractivity contribution in [1.82, 2.24) is 24.4 Å². The number of aromatic nitrogens is 4. The zero-order chi connectivity index (χ0) is 26.6. The third kappa shape index (κ3) is 3.83. The zero-order valence-electron chi connectivity index (χ0n) is 20.7. The number of imidazole rings is 1. The fraction of sp³-hybridized carbons (Fsp3) is 0.308. The van der Waals surface area contributed by atoms with Gasteiger partial charge in [-0.15, -0.1) is 0 Å². The number of carbonyl (C=O) groups is 1. The summed E-state index contributed by atoms with van der Waals surface area (Å²) in [6.07, 6.45) is 3.31. The maximum Gasteiger partial charge on any atom is 0.237 e. The zero-order valence-corrected chi connectivity index (χ0v) is 20.7. The lowest BCUT2D eigenvalue weighted by Crippen LogP contribution is -2.49. The predicted octanol–water partition coefficient (Wildman–Crippen LogP) is 3.47. The number of benzene rings is 2. The summed E-state index contributed by atoms with van der Waals surface area (Å²) in [5.74, 6) is -1.32. The molecular formula is C26H24F3N7O2. The summed E-state index contributed by atoms with van der Waals surface area (Å²) in [4.78, 5) is 31.7. The number of anilines is 2. The summed E-state index contributed by atoms with van der Waals surface area (Å²) in [6, 6.07) is 5.57. The van der Waals surface area contributed by atoms with Crippen molar-refractivity contribution in [1.29, 1.82) is 0 Å². The van der Waals surface area contributed by atoms with E-state index in [1.165, 1.54) is 18.5 Å². The third-order valence-electron chi connectivity index (χ3n) is 6.93. The highest BCUT2D eigenvalue weighted by Crippen LogP contribution is 2.47. The van der Waals surface area contributed by atoms with Crippen LogP contribution < -0.4 is 14.5 Å². The van der Waals surface area contributed by atoms with E-state index in [4.69, 9.17) is 9.72 Å². The molecule has 0 N–H and O–H groups in total. The fourth-order valence-electron chi connectivity index (χ4n) is 5.16. The van der Waals surface area contributed by atoms with E-state index in [1.54, 1.807) is 21.7 Å². The van der Waals surface area contributed by atoms with Gasteiger partial charge in [0.25, 0.3) is 0 Å². The Hall–Kier alpha value is -4.19. The third-order valence-corrected chi connectivity index (χ3v) is 6.93. The number of rotatable bonds is 6. The van der Waals surface area contributed by atoms with Gasteiger partial charge in [0.15, 0.2) is 29.8 Å². The number of aldehydes is 1. The predicted molar refractivity (Wildman–Crippen MR) is 134 cm³/mol. The first-order valence-corrected chi connectivity index (χ1v) is 12.1. The molecule has 196 valence electrons. The molecule has 0 spiro atoms. The largest absolute Gasteiger partial charge is 0.490 e. The fourth-order valence-corrected chi connectivity index (χ4v) is 5.16. The van der Waals surface area contributed by atoms with Gasteiger partial charge in [0.1, 0.15) is 23.6 Å². The van der Waals surface area contributed by atoms with Gasteiger partial charge in [0.05, 0.1) is 35.4 Å². The molecule has 0 aliphatic carbocycles. The topological polar surface area (TPSA) is 79.6 Å². The van der Waals surface area contributed by atoms with Crippen LogP contribution in [0.5, 0.6) is 5.75 Å². The van der Waals surface area contributed by atoms with Crippen LogP contribution in [0.4, 0.5) is 24.7 Å². The highest BCUT2D eigenvalue weighted by Gasteiger charge is 2.44. The Bertz CT molecular complexity index is 1540. The van der Waals surface area contributed by atoms with Gasteiger partial charge in [-0.25, -0.2) is 23.1 Å². The molecule has 0 saturated carbocycles. The maximum absolute atomic E-state index is 15.2. The number of ether oxygens (including phenoxy) is 1. The first-order valence-electron chi connectivity index (χ1n) is 12.1. The van der Waals surface area contributed by atoms with E-state index < -0.39 is 29.7 Å². The molecule has 0 amide bonds. The van der Waals surface area contributed by atoms with Crippen molar-refractivity contribution >= 4 is 28.8 Å². The molecule has 6 rings (SSSR count). The highest BCUT2D eigenvalue weighted by molar-refractivity contribution is 5.85. The van der Waals surface area contributed by atoms with Gasteiger partial charge < -0.3 is 19.4 Å². The minimum absolute atomic E-state index is 0.0406. The Kier molecular flexibility index (Phi) is 5.90. The van der Waals surface area contributed by atoms with Gasteiger partial charge in [-0.2, -0.15) is 4.98 Å². The molecule has 0 radical (unpaired) electrons. The summed E-state index contributed by atoms with van der Waals surface area (Å²) < 4.78 is 50.9. The first-order chi connectivity index (χ1) is 18.4. The number of carbonyl (C=O) groups excluding carboxylic acids is 1. The monoisotopic (exact) mass is 523 g/mol. The summed E-state index contributed by atoms with van der Waals surface area (Å²) in [5.41, 5.74) is 1.64. The highest BCUT2D eigenvalue weighted by atomic mass is 19.1. The molecule has 0 fully saturated rings. The van der Waals surface area contributed by atoms with E-state index in [9.17, 15) is 13.6 Å². The van der Waals surface area contributed by atoms with Crippen LogP contribution in [0.15, 0.2) is 42.9 Å². The molecule has 2 aromatic carbocycles. The number of halogens is 3. The molecule has 2 aliphatic heterocycles. The Balaban J connectivity index is 1.52. The number of hydrogen-bond donors (Lipinski definition) is 0.